The highest BCUT2D eigenvalue weighted by molar-refractivity contribution is 5.89. The molecule has 0 saturated heterocycles. The van der Waals surface area contributed by atoms with Gasteiger partial charge in [-0.3, -0.25) is 4.79 Å². The summed E-state index contributed by atoms with van der Waals surface area (Å²) in [4.78, 5) is 11.3. The number of nitrogens with zero attached hydrogens (tertiary/aromatic N) is 2. The van der Waals surface area contributed by atoms with Crippen LogP contribution in [0, 0.1) is 0 Å². The van der Waals surface area contributed by atoms with Gasteiger partial charge in [0.15, 0.2) is 11.5 Å². The van der Waals surface area contributed by atoms with Gasteiger partial charge in [-0.25, -0.2) is 0 Å². The molecule has 0 saturated carbocycles. The number of hydrogen-bond donors (Lipinski definition) is 1. The summed E-state index contributed by atoms with van der Waals surface area (Å²) in [5.41, 5.74) is 0.941. The Labute approximate surface area is 108 Å². The van der Waals surface area contributed by atoms with E-state index in [4.69, 9.17) is 13.9 Å². The van der Waals surface area contributed by atoms with E-state index in [-0.39, 0.29) is 12.7 Å². The van der Waals surface area contributed by atoms with Crippen LogP contribution in [0.1, 0.15) is 22.1 Å². The fourth-order valence-electron chi connectivity index (χ4n) is 1.75. The summed E-state index contributed by atoms with van der Waals surface area (Å²) >= 11 is 0. The van der Waals surface area contributed by atoms with Crippen molar-refractivity contribution in [2.75, 3.05) is 13.8 Å². The first-order chi connectivity index (χ1) is 9.26. The number of aromatic nitrogens is 2. The summed E-state index contributed by atoms with van der Waals surface area (Å²) in [5, 5.41) is 9.92. The van der Waals surface area contributed by atoms with Crippen LogP contribution >= 0.6 is 0 Å². The van der Waals surface area contributed by atoms with Gasteiger partial charge in [0.2, 0.25) is 12.7 Å². The highest BCUT2D eigenvalue weighted by atomic mass is 16.7. The molecule has 2 heterocycles. The zero-order chi connectivity index (χ0) is 13.2. The number of benzene rings is 1. The smallest absolute Gasteiger partial charge is 0.308 e. The molecule has 0 bridgehead atoms. The molecule has 2 aromatic rings. The van der Waals surface area contributed by atoms with E-state index >= 15 is 0 Å². The second-order valence-electron chi connectivity index (χ2n) is 3.94. The molecule has 1 amide bonds. The summed E-state index contributed by atoms with van der Waals surface area (Å²) in [6.07, 6.45) is 0.431. The lowest BCUT2D eigenvalue weighted by molar-refractivity contribution is 0.0927. The van der Waals surface area contributed by atoms with Crippen LogP contribution in [0.3, 0.4) is 0 Å². The minimum Gasteiger partial charge on any atom is -0.454 e. The van der Waals surface area contributed by atoms with Crippen molar-refractivity contribution < 1.29 is 18.7 Å². The van der Waals surface area contributed by atoms with Crippen molar-refractivity contribution in [3.05, 3.63) is 35.5 Å². The molecule has 19 heavy (non-hydrogen) atoms. The van der Waals surface area contributed by atoms with E-state index in [2.05, 4.69) is 15.5 Å². The monoisotopic (exact) mass is 261 g/mol. The molecule has 7 heteroatoms. The van der Waals surface area contributed by atoms with Gasteiger partial charge in [-0.2, -0.15) is 0 Å². The Morgan fingerprint density at radius 3 is 3.00 bits per heavy atom. The Bertz CT molecular complexity index is 623. The molecule has 0 unspecified atom stereocenters. The predicted octanol–water partition coefficient (Wildman–Crippen LogP) is 0.749. The first kappa shape index (κ1) is 11.5. The molecule has 1 N–H and O–H groups in total. The van der Waals surface area contributed by atoms with E-state index in [1.807, 2.05) is 18.2 Å². The fraction of sp³-hybridized carbons (Fsp3) is 0.250. The second kappa shape index (κ2) is 4.60. The third kappa shape index (κ3) is 2.22. The maximum atomic E-state index is 11.3. The third-order valence-corrected chi connectivity index (χ3v) is 2.68. The Kier molecular flexibility index (Phi) is 2.79. The molecule has 1 aliphatic rings. The van der Waals surface area contributed by atoms with E-state index in [0.29, 0.717) is 18.1 Å². The number of hydrogen-bond acceptors (Lipinski definition) is 6. The van der Waals surface area contributed by atoms with E-state index in [9.17, 15) is 4.79 Å². The number of carbonyl (C=O) groups is 1. The van der Waals surface area contributed by atoms with Gasteiger partial charge in [0.05, 0.1) is 6.42 Å². The minimum absolute atomic E-state index is 0.0433. The predicted molar refractivity (Wildman–Crippen MR) is 63.1 cm³/mol. The number of carbonyl (C=O) groups excluding carboxylic acids is 1. The molecule has 1 aromatic heterocycles. The largest absolute Gasteiger partial charge is 0.454 e. The van der Waals surface area contributed by atoms with Crippen molar-refractivity contribution in [2.24, 2.45) is 0 Å². The van der Waals surface area contributed by atoms with Crippen LogP contribution in [0.25, 0.3) is 0 Å². The number of amides is 1. The molecule has 0 radical (unpaired) electrons. The van der Waals surface area contributed by atoms with Gasteiger partial charge in [0.1, 0.15) is 0 Å². The Hall–Kier alpha value is -2.57. The van der Waals surface area contributed by atoms with Crippen molar-refractivity contribution in [2.45, 2.75) is 6.42 Å². The van der Waals surface area contributed by atoms with Crippen molar-refractivity contribution in [3.63, 3.8) is 0 Å². The third-order valence-electron chi connectivity index (χ3n) is 2.68. The van der Waals surface area contributed by atoms with Crippen LogP contribution in [0.15, 0.2) is 22.6 Å². The van der Waals surface area contributed by atoms with Crippen molar-refractivity contribution >= 4 is 5.91 Å². The normalized spacial score (nSPS) is 12.5. The molecule has 7 nitrogen and oxygen atoms in total. The molecule has 3 rings (SSSR count). The second-order valence-corrected chi connectivity index (χ2v) is 3.94. The first-order valence-electron chi connectivity index (χ1n) is 5.69. The van der Waals surface area contributed by atoms with Gasteiger partial charge in [0, 0.05) is 7.05 Å². The van der Waals surface area contributed by atoms with Crippen molar-refractivity contribution in [1.29, 1.82) is 0 Å². The molecule has 98 valence electrons. The Morgan fingerprint density at radius 1 is 1.32 bits per heavy atom. The van der Waals surface area contributed by atoms with E-state index < -0.39 is 5.91 Å². The molecule has 0 aliphatic carbocycles. The van der Waals surface area contributed by atoms with E-state index in [1.165, 1.54) is 7.05 Å². The van der Waals surface area contributed by atoms with Crippen LogP contribution in [0.5, 0.6) is 11.5 Å². The quantitative estimate of drug-likeness (QED) is 0.877. The number of ether oxygens (including phenoxy) is 2. The molecule has 0 spiro atoms. The average Bonchev–Trinajstić information content (AvgIpc) is 3.06. The zero-order valence-electron chi connectivity index (χ0n) is 10.2. The molecule has 0 fully saturated rings. The molecular formula is C12H11N3O4. The van der Waals surface area contributed by atoms with Crippen LogP contribution < -0.4 is 14.8 Å². The highest BCUT2D eigenvalue weighted by Gasteiger charge is 2.16. The fourth-order valence-corrected chi connectivity index (χ4v) is 1.75. The average molecular weight is 261 g/mol. The van der Waals surface area contributed by atoms with Gasteiger partial charge in [-0.15, -0.1) is 10.2 Å². The molecular weight excluding hydrogens is 250 g/mol. The highest BCUT2D eigenvalue weighted by Crippen LogP contribution is 2.32. The number of nitrogens with one attached hydrogen (secondary N) is 1. The van der Waals surface area contributed by atoms with E-state index in [1.54, 1.807) is 0 Å². The topological polar surface area (TPSA) is 86.5 Å². The Balaban J connectivity index is 1.78. The van der Waals surface area contributed by atoms with Gasteiger partial charge in [-0.05, 0) is 17.7 Å². The van der Waals surface area contributed by atoms with Crippen LogP contribution in [-0.2, 0) is 6.42 Å². The number of fused-ring (bicyclic) bond motifs is 1. The maximum Gasteiger partial charge on any atom is 0.308 e. The lowest BCUT2D eigenvalue weighted by Crippen LogP contribution is -2.17. The molecule has 1 aliphatic heterocycles. The maximum absolute atomic E-state index is 11.3. The standard InChI is InChI=1S/C12H11N3O4/c1-13-11(16)12-15-14-10(19-12)5-7-2-3-8-9(4-7)18-6-17-8/h2-4H,5-6H2,1H3,(H,13,16). The van der Waals surface area contributed by atoms with Crippen molar-refractivity contribution in [3.8, 4) is 11.5 Å². The van der Waals surface area contributed by atoms with Crippen LogP contribution in [0.4, 0.5) is 0 Å². The molecule has 0 atom stereocenters. The van der Waals surface area contributed by atoms with Gasteiger partial charge in [0.25, 0.3) is 0 Å². The Morgan fingerprint density at radius 2 is 2.16 bits per heavy atom. The van der Waals surface area contributed by atoms with Crippen LogP contribution in [0.2, 0.25) is 0 Å². The van der Waals surface area contributed by atoms with E-state index in [0.717, 1.165) is 11.3 Å². The van der Waals surface area contributed by atoms with Crippen molar-refractivity contribution in [1.82, 2.24) is 15.5 Å². The lowest BCUT2D eigenvalue weighted by atomic mass is 10.1. The first-order valence-corrected chi connectivity index (χ1v) is 5.69. The summed E-state index contributed by atoms with van der Waals surface area (Å²) in [6, 6.07) is 5.57. The van der Waals surface area contributed by atoms with Crippen LogP contribution in [-0.4, -0.2) is 29.9 Å². The lowest BCUT2D eigenvalue weighted by Gasteiger charge is -1.99. The summed E-state index contributed by atoms with van der Waals surface area (Å²) < 4.78 is 15.8. The van der Waals surface area contributed by atoms with Gasteiger partial charge in [-0.1, -0.05) is 6.07 Å². The zero-order valence-corrected chi connectivity index (χ0v) is 10.2. The molecule has 1 aromatic carbocycles. The SMILES string of the molecule is CNC(=O)c1nnc(Cc2ccc3c(c2)OCO3)o1. The summed E-state index contributed by atoms with van der Waals surface area (Å²) in [5.74, 6) is 1.35. The number of rotatable bonds is 3. The summed E-state index contributed by atoms with van der Waals surface area (Å²) in [6.45, 7) is 0.236. The summed E-state index contributed by atoms with van der Waals surface area (Å²) in [7, 11) is 1.50. The minimum atomic E-state index is -0.399. The van der Waals surface area contributed by atoms with Gasteiger partial charge < -0.3 is 19.2 Å². The van der Waals surface area contributed by atoms with Gasteiger partial charge >= 0.3 is 11.8 Å².